The minimum Gasteiger partial charge on any atom is -0.393 e. The van der Waals surface area contributed by atoms with E-state index in [1.165, 1.54) is 0 Å². The highest BCUT2D eigenvalue weighted by molar-refractivity contribution is 4.71. The lowest BCUT2D eigenvalue weighted by Gasteiger charge is -2.12. The van der Waals surface area contributed by atoms with E-state index in [0.717, 1.165) is 25.9 Å². The van der Waals surface area contributed by atoms with E-state index in [4.69, 9.17) is 0 Å². The zero-order chi connectivity index (χ0) is 7.56. The van der Waals surface area contributed by atoms with Crippen LogP contribution in [-0.2, 0) is 0 Å². The summed E-state index contributed by atoms with van der Waals surface area (Å²) >= 11 is 0. The van der Waals surface area contributed by atoms with Crippen LogP contribution in [0.25, 0.3) is 0 Å². The Bertz CT molecular complexity index is 93.4. The summed E-state index contributed by atoms with van der Waals surface area (Å²) in [5, 5.41) is 9.45. The maximum Gasteiger partial charge on any atom is 0.0578 e. The first kappa shape index (κ1) is 8.02. The molecular weight excluding hydrogens is 126 g/mol. The minimum absolute atomic E-state index is 0.0649. The predicted molar refractivity (Wildman–Crippen MR) is 41.9 cm³/mol. The summed E-state index contributed by atoms with van der Waals surface area (Å²) in [5.41, 5.74) is 0. The lowest BCUT2D eigenvalue weighted by molar-refractivity contribution is 0.113. The molecule has 60 valence electrons. The fourth-order valence-electron chi connectivity index (χ4n) is 1.37. The lowest BCUT2D eigenvalue weighted by Crippen LogP contribution is -2.19. The molecule has 2 nitrogen and oxygen atoms in total. The van der Waals surface area contributed by atoms with Crippen molar-refractivity contribution in [1.29, 1.82) is 0 Å². The summed E-state index contributed by atoms with van der Waals surface area (Å²) < 4.78 is 0. The third-order valence-corrected chi connectivity index (χ3v) is 2.43. The molecule has 1 fully saturated rings. The van der Waals surface area contributed by atoms with E-state index in [9.17, 15) is 5.11 Å². The molecule has 1 N–H and O–H groups in total. The maximum absolute atomic E-state index is 9.45. The topological polar surface area (TPSA) is 23.5 Å². The SMILES string of the molecule is CC1CCN(C)CC[C@H]1O. The molecule has 0 amide bonds. The summed E-state index contributed by atoms with van der Waals surface area (Å²) in [4.78, 5) is 2.28. The van der Waals surface area contributed by atoms with Crippen molar-refractivity contribution in [1.82, 2.24) is 4.90 Å². The molecular formula is C8H17NO. The zero-order valence-corrected chi connectivity index (χ0v) is 6.88. The number of hydrogen-bond acceptors (Lipinski definition) is 2. The van der Waals surface area contributed by atoms with E-state index in [1.807, 2.05) is 0 Å². The number of hydrogen-bond donors (Lipinski definition) is 1. The highest BCUT2D eigenvalue weighted by atomic mass is 16.3. The molecule has 0 aromatic rings. The first-order chi connectivity index (χ1) is 4.70. The van der Waals surface area contributed by atoms with Gasteiger partial charge in [-0.15, -0.1) is 0 Å². The monoisotopic (exact) mass is 143 g/mol. The van der Waals surface area contributed by atoms with Gasteiger partial charge in [0.25, 0.3) is 0 Å². The second-order valence-electron chi connectivity index (χ2n) is 3.43. The van der Waals surface area contributed by atoms with Crippen LogP contribution in [0.15, 0.2) is 0 Å². The van der Waals surface area contributed by atoms with Gasteiger partial charge in [0.1, 0.15) is 0 Å². The molecule has 1 rings (SSSR count). The summed E-state index contributed by atoms with van der Waals surface area (Å²) in [6.07, 6.45) is 2.01. The van der Waals surface area contributed by atoms with Crippen LogP contribution in [-0.4, -0.2) is 36.2 Å². The molecule has 0 saturated carbocycles. The van der Waals surface area contributed by atoms with Gasteiger partial charge in [-0.3, -0.25) is 0 Å². The first-order valence-electron chi connectivity index (χ1n) is 4.07. The first-order valence-corrected chi connectivity index (χ1v) is 4.07. The van der Waals surface area contributed by atoms with Gasteiger partial charge in [0.2, 0.25) is 0 Å². The van der Waals surface area contributed by atoms with Gasteiger partial charge in [0.15, 0.2) is 0 Å². The minimum atomic E-state index is -0.0649. The van der Waals surface area contributed by atoms with Crippen LogP contribution in [0.4, 0.5) is 0 Å². The Balaban J connectivity index is 2.38. The second-order valence-corrected chi connectivity index (χ2v) is 3.43. The quantitative estimate of drug-likeness (QED) is 0.540. The van der Waals surface area contributed by atoms with Crippen LogP contribution < -0.4 is 0 Å². The van der Waals surface area contributed by atoms with Gasteiger partial charge in [0.05, 0.1) is 6.10 Å². The van der Waals surface area contributed by atoms with E-state index < -0.39 is 0 Å². The Labute approximate surface area is 62.8 Å². The van der Waals surface area contributed by atoms with Gasteiger partial charge in [0, 0.05) is 6.54 Å². The number of likely N-dealkylation sites (tertiary alicyclic amines) is 1. The van der Waals surface area contributed by atoms with Crippen molar-refractivity contribution in [2.24, 2.45) is 5.92 Å². The van der Waals surface area contributed by atoms with Crippen LogP contribution >= 0.6 is 0 Å². The third-order valence-electron chi connectivity index (χ3n) is 2.43. The standard InChI is InChI=1S/C8H17NO/c1-7-3-5-9(2)6-4-8(7)10/h7-8,10H,3-6H2,1-2H3/t7?,8-/m1/s1. The Morgan fingerprint density at radius 3 is 2.60 bits per heavy atom. The average Bonchev–Trinajstić information content (AvgIpc) is 2.04. The molecule has 0 radical (unpaired) electrons. The average molecular weight is 143 g/mol. The van der Waals surface area contributed by atoms with Crippen molar-refractivity contribution in [2.45, 2.75) is 25.9 Å². The second kappa shape index (κ2) is 3.35. The van der Waals surface area contributed by atoms with Crippen LogP contribution in [0.3, 0.4) is 0 Å². The van der Waals surface area contributed by atoms with Gasteiger partial charge in [-0.1, -0.05) is 6.92 Å². The van der Waals surface area contributed by atoms with Gasteiger partial charge < -0.3 is 10.0 Å². The Hall–Kier alpha value is -0.0800. The molecule has 1 heterocycles. The van der Waals surface area contributed by atoms with Crippen LogP contribution in [0.5, 0.6) is 0 Å². The molecule has 0 spiro atoms. The van der Waals surface area contributed by atoms with E-state index in [1.54, 1.807) is 0 Å². The molecule has 0 aromatic carbocycles. The molecule has 0 aliphatic carbocycles. The fraction of sp³-hybridized carbons (Fsp3) is 1.00. The predicted octanol–water partition coefficient (Wildman–Crippen LogP) is 0.709. The summed E-state index contributed by atoms with van der Waals surface area (Å²) in [6, 6.07) is 0. The normalized spacial score (nSPS) is 37.5. The van der Waals surface area contributed by atoms with Gasteiger partial charge >= 0.3 is 0 Å². The van der Waals surface area contributed by atoms with Crippen molar-refractivity contribution >= 4 is 0 Å². The number of nitrogens with zero attached hydrogens (tertiary/aromatic N) is 1. The van der Waals surface area contributed by atoms with Gasteiger partial charge in [-0.05, 0) is 32.4 Å². The van der Waals surface area contributed by atoms with Gasteiger partial charge in [-0.2, -0.15) is 0 Å². The number of rotatable bonds is 0. The van der Waals surface area contributed by atoms with Crippen LogP contribution in [0.2, 0.25) is 0 Å². The smallest absolute Gasteiger partial charge is 0.0578 e. The fourth-order valence-corrected chi connectivity index (χ4v) is 1.37. The van der Waals surface area contributed by atoms with Crippen LogP contribution in [0, 0.1) is 5.92 Å². The number of aliphatic hydroxyl groups is 1. The largest absolute Gasteiger partial charge is 0.393 e. The highest BCUT2D eigenvalue weighted by Crippen LogP contribution is 2.15. The molecule has 1 aliphatic heterocycles. The highest BCUT2D eigenvalue weighted by Gasteiger charge is 2.18. The van der Waals surface area contributed by atoms with Gasteiger partial charge in [-0.25, -0.2) is 0 Å². The molecule has 2 heteroatoms. The molecule has 10 heavy (non-hydrogen) atoms. The summed E-state index contributed by atoms with van der Waals surface area (Å²) in [7, 11) is 2.12. The van der Waals surface area contributed by atoms with E-state index in [2.05, 4.69) is 18.9 Å². The maximum atomic E-state index is 9.45. The van der Waals surface area contributed by atoms with Crippen molar-refractivity contribution in [3.05, 3.63) is 0 Å². The molecule has 0 aromatic heterocycles. The zero-order valence-electron chi connectivity index (χ0n) is 6.88. The van der Waals surface area contributed by atoms with Crippen molar-refractivity contribution in [3.63, 3.8) is 0 Å². The molecule has 1 aliphatic rings. The molecule has 1 unspecified atom stereocenters. The molecule has 1 saturated heterocycles. The Kier molecular flexibility index (Phi) is 2.69. The van der Waals surface area contributed by atoms with Crippen molar-refractivity contribution < 1.29 is 5.11 Å². The third kappa shape index (κ3) is 1.96. The Morgan fingerprint density at radius 1 is 1.30 bits per heavy atom. The van der Waals surface area contributed by atoms with E-state index in [0.29, 0.717) is 5.92 Å². The lowest BCUT2D eigenvalue weighted by atomic mass is 10.0. The molecule has 2 atom stereocenters. The van der Waals surface area contributed by atoms with Crippen molar-refractivity contribution in [2.75, 3.05) is 20.1 Å². The van der Waals surface area contributed by atoms with Crippen LogP contribution in [0.1, 0.15) is 19.8 Å². The van der Waals surface area contributed by atoms with E-state index in [-0.39, 0.29) is 6.10 Å². The summed E-state index contributed by atoms with van der Waals surface area (Å²) in [6.45, 7) is 4.31. The van der Waals surface area contributed by atoms with E-state index >= 15 is 0 Å². The molecule has 0 bridgehead atoms. The number of aliphatic hydroxyl groups excluding tert-OH is 1. The van der Waals surface area contributed by atoms with Crippen molar-refractivity contribution in [3.8, 4) is 0 Å². The Morgan fingerprint density at radius 2 is 1.90 bits per heavy atom. The summed E-state index contributed by atoms with van der Waals surface area (Å²) in [5.74, 6) is 0.491.